The van der Waals surface area contributed by atoms with E-state index in [1.54, 1.807) is 5.57 Å². The molecule has 0 spiro atoms. The van der Waals surface area contributed by atoms with Crippen molar-refractivity contribution in [2.75, 3.05) is 7.11 Å². The Hall–Kier alpha value is -0.560. The zero-order valence-corrected chi connectivity index (χ0v) is 11.8. The van der Waals surface area contributed by atoms with Gasteiger partial charge in [-0.1, -0.05) is 44.6 Å². The van der Waals surface area contributed by atoms with Crippen LogP contribution in [-0.2, 0) is 4.74 Å². The fraction of sp³-hybridized carbons (Fsp3) is 0.750. The molecule has 2 rings (SSSR count). The lowest BCUT2D eigenvalue weighted by Gasteiger charge is -2.48. The van der Waals surface area contributed by atoms with Crippen molar-refractivity contribution in [3.8, 4) is 0 Å². The summed E-state index contributed by atoms with van der Waals surface area (Å²) in [4.78, 5) is 0. The molecule has 0 amide bonds. The summed E-state index contributed by atoms with van der Waals surface area (Å²) >= 11 is 0. The van der Waals surface area contributed by atoms with Gasteiger partial charge in [0, 0.05) is 7.11 Å². The highest BCUT2D eigenvalue weighted by Crippen LogP contribution is 2.52. The summed E-state index contributed by atoms with van der Waals surface area (Å²) in [7, 11) is 1.83. The monoisotopic (exact) mass is 234 g/mol. The predicted molar refractivity (Wildman–Crippen MR) is 72.9 cm³/mol. The smallest absolute Gasteiger partial charge is 0.0613 e. The summed E-state index contributed by atoms with van der Waals surface area (Å²) in [5.74, 6) is 1.36. The zero-order valence-electron chi connectivity index (χ0n) is 11.8. The molecule has 96 valence electrons. The molecular weight excluding hydrogens is 208 g/mol. The third kappa shape index (κ3) is 2.35. The maximum atomic E-state index is 5.57. The van der Waals surface area contributed by atoms with E-state index in [2.05, 4.69) is 33.4 Å². The lowest BCUT2D eigenvalue weighted by atomic mass is 9.58. The predicted octanol–water partition coefficient (Wildman–Crippen LogP) is 4.35. The van der Waals surface area contributed by atoms with Gasteiger partial charge in [-0.15, -0.1) is 0 Å². The largest absolute Gasteiger partial charge is 0.381 e. The Morgan fingerprint density at radius 2 is 2.12 bits per heavy atom. The molecule has 1 fully saturated rings. The molecule has 2 aliphatic rings. The van der Waals surface area contributed by atoms with Crippen molar-refractivity contribution in [1.82, 2.24) is 0 Å². The van der Waals surface area contributed by atoms with E-state index in [1.165, 1.54) is 24.8 Å². The van der Waals surface area contributed by atoms with Crippen LogP contribution < -0.4 is 0 Å². The molecule has 0 aliphatic heterocycles. The molecule has 0 bridgehead atoms. The minimum Gasteiger partial charge on any atom is -0.381 e. The summed E-state index contributed by atoms with van der Waals surface area (Å²) in [6.07, 6.45) is 7.54. The van der Waals surface area contributed by atoms with Crippen molar-refractivity contribution in [3.05, 3.63) is 23.8 Å². The van der Waals surface area contributed by atoms with Gasteiger partial charge in [-0.2, -0.15) is 0 Å². The van der Waals surface area contributed by atoms with Gasteiger partial charge in [0.05, 0.1) is 6.10 Å². The summed E-state index contributed by atoms with van der Waals surface area (Å²) in [5.41, 5.74) is 3.43. The number of allylic oxidation sites excluding steroid dienone is 2. The lowest BCUT2D eigenvalue weighted by Crippen LogP contribution is -2.41. The maximum absolute atomic E-state index is 5.57. The van der Waals surface area contributed by atoms with E-state index in [-0.39, 0.29) is 0 Å². The first kappa shape index (κ1) is 12.9. The second kappa shape index (κ2) is 4.61. The number of hydrogen-bond acceptors (Lipinski definition) is 1. The minimum absolute atomic E-state index is 0.383. The Morgan fingerprint density at radius 1 is 1.41 bits per heavy atom. The highest BCUT2D eigenvalue weighted by Gasteiger charge is 2.43. The van der Waals surface area contributed by atoms with Gasteiger partial charge in [0.2, 0.25) is 0 Å². The quantitative estimate of drug-likeness (QED) is 0.645. The Morgan fingerprint density at radius 3 is 2.71 bits per heavy atom. The normalized spacial score (nSPS) is 37.9. The van der Waals surface area contributed by atoms with E-state index in [1.807, 2.05) is 7.11 Å². The number of fused-ring (bicyclic) bond motifs is 1. The Labute approximate surface area is 106 Å². The molecule has 3 atom stereocenters. The number of hydrogen-bond donors (Lipinski definition) is 0. The molecule has 0 aromatic heterocycles. The van der Waals surface area contributed by atoms with Crippen molar-refractivity contribution >= 4 is 0 Å². The molecule has 0 saturated heterocycles. The molecule has 2 aliphatic carbocycles. The first-order valence-corrected chi connectivity index (χ1v) is 6.85. The maximum Gasteiger partial charge on any atom is 0.0613 e. The van der Waals surface area contributed by atoms with Crippen molar-refractivity contribution in [2.45, 2.75) is 52.6 Å². The van der Waals surface area contributed by atoms with Crippen LogP contribution in [0.3, 0.4) is 0 Å². The third-order valence-electron chi connectivity index (χ3n) is 4.86. The first-order valence-electron chi connectivity index (χ1n) is 6.85. The van der Waals surface area contributed by atoms with Gasteiger partial charge in [-0.25, -0.2) is 0 Å². The van der Waals surface area contributed by atoms with Gasteiger partial charge in [0.1, 0.15) is 0 Å². The molecule has 1 saturated carbocycles. The lowest BCUT2D eigenvalue weighted by molar-refractivity contribution is 0.0105. The van der Waals surface area contributed by atoms with Crippen LogP contribution in [0.4, 0.5) is 0 Å². The van der Waals surface area contributed by atoms with Gasteiger partial charge >= 0.3 is 0 Å². The van der Waals surface area contributed by atoms with Gasteiger partial charge in [-0.3, -0.25) is 0 Å². The van der Waals surface area contributed by atoms with Crippen LogP contribution in [0.15, 0.2) is 23.8 Å². The van der Waals surface area contributed by atoms with E-state index in [0.717, 1.165) is 6.42 Å². The van der Waals surface area contributed by atoms with Crippen LogP contribution >= 0.6 is 0 Å². The Balaban J connectivity index is 2.22. The summed E-state index contributed by atoms with van der Waals surface area (Å²) in [5, 5.41) is 0. The second-order valence-electron chi connectivity index (χ2n) is 6.47. The number of methoxy groups -OCH3 is 1. The van der Waals surface area contributed by atoms with Crippen molar-refractivity contribution < 1.29 is 4.74 Å². The zero-order chi connectivity index (χ0) is 12.6. The van der Waals surface area contributed by atoms with Gasteiger partial charge < -0.3 is 4.74 Å². The van der Waals surface area contributed by atoms with Crippen LogP contribution in [-0.4, -0.2) is 13.2 Å². The highest BCUT2D eigenvalue weighted by atomic mass is 16.5. The second-order valence-corrected chi connectivity index (χ2v) is 6.47. The van der Waals surface area contributed by atoms with Gasteiger partial charge in [0.25, 0.3) is 0 Å². The molecule has 1 nitrogen and oxygen atoms in total. The van der Waals surface area contributed by atoms with Crippen LogP contribution in [0.25, 0.3) is 0 Å². The van der Waals surface area contributed by atoms with Gasteiger partial charge in [-0.05, 0) is 42.9 Å². The van der Waals surface area contributed by atoms with Gasteiger partial charge in [0.15, 0.2) is 0 Å². The number of ether oxygens (including phenoxy) is 1. The molecule has 0 heterocycles. The molecular formula is C16H26O. The SMILES string of the molecule is C=C1C[C@@H](OC)C[C@@]2(C)CC=C(C(C)C)CC12. The van der Waals surface area contributed by atoms with Crippen molar-refractivity contribution in [1.29, 1.82) is 0 Å². The average molecular weight is 234 g/mol. The average Bonchev–Trinajstić information content (AvgIpc) is 2.27. The fourth-order valence-electron chi connectivity index (χ4n) is 3.60. The summed E-state index contributed by atoms with van der Waals surface area (Å²) < 4.78 is 5.57. The third-order valence-corrected chi connectivity index (χ3v) is 4.86. The van der Waals surface area contributed by atoms with E-state index in [0.29, 0.717) is 23.4 Å². The van der Waals surface area contributed by atoms with E-state index in [4.69, 9.17) is 4.74 Å². The van der Waals surface area contributed by atoms with Crippen molar-refractivity contribution in [3.63, 3.8) is 0 Å². The van der Waals surface area contributed by atoms with E-state index >= 15 is 0 Å². The molecule has 0 aromatic rings. The minimum atomic E-state index is 0.383. The van der Waals surface area contributed by atoms with E-state index in [9.17, 15) is 0 Å². The van der Waals surface area contributed by atoms with Crippen LogP contribution in [0.5, 0.6) is 0 Å². The molecule has 0 radical (unpaired) electrons. The molecule has 17 heavy (non-hydrogen) atoms. The molecule has 0 N–H and O–H groups in total. The highest BCUT2D eigenvalue weighted by molar-refractivity contribution is 5.23. The first-order chi connectivity index (χ1) is 7.96. The standard InChI is InChI=1S/C16H26O/c1-11(2)13-6-7-16(4)10-14(17-5)8-12(3)15(16)9-13/h6,11,14-15H,3,7-10H2,1-2,4-5H3/t14-,15?,16-/m1/s1. The van der Waals surface area contributed by atoms with Crippen molar-refractivity contribution in [2.24, 2.45) is 17.3 Å². The Kier molecular flexibility index (Phi) is 3.49. The molecule has 1 unspecified atom stereocenters. The van der Waals surface area contributed by atoms with Crippen LogP contribution in [0, 0.1) is 17.3 Å². The van der Waals surface area contributed by atoms with E-state index < -0.39 is 0 Å². The summed E-state index contributed by atoms with van der Waals surface area (Å²) in [6.45, 7) is 11.4. The molecule has 0 aromatic carbocycles. The fourth-order valence-corrected chi connectivity index (χ4v) is 3.60. The summed E-state index contributed by atoms with van der Waals surface area (Å²) in [6, 6.07) is 0. The molecule has 1 heteroatoms. The van der Waals surface area contributed by atoms with Crippen LogP contribution in [0.2, 0.25) is 0 Å². The topological polar surface area (TPSA) is 9.23 Å². The Bertz CT molecular complexity index is 339. The number of rotatable bonds is 2. The van der Waals surface area contributed by atoms with Crippen LogP contribution in [0.1, 0.15) is 46.5 Å².